The lowest BCUT2D eigenvalue weighted by atomic mass is 9.47. The number of amides is 1. The van der Waals surface area contributed by atoms with Crippen LogP contribution in [0.4, 0.5) is 4.79 Å². The summed E-state index contributed by atoms with van der Waals surface area (Å²) in [5.74, 6) is 6.74. The molecule has 1 amide bonds. The number of nitrogens with zero attached hydrogens (tertiary/aromatic N) is 1. The van der Waals surface area contributed by atoms with Gasteiger partial charge in [-0.1, -0.05) is 85.8 Å². The Balaban J connectivity index is 1.30. The average Bonchev–Trinajstić information content (AvgIpc) is 3.35. The van der Waals surface area contributed by atoms with E-state index in [1.807, 2.05) is 0 Å². The summed E-state index contributed by atoms with van der Waals surface area (Å²) < 4.78 is 7.11. The Bertz CT molecular complexity index is 1030. The third-order valence-corrected chi connectivity index (χ3v) is 14.3. The van der Waals surface area contributed by atoms with E-state index in [2.05, 4.69) is 81.0 Å². The number of hydrogen-bond acceptors (Lipinski definition) is 3. The first-order valence-corrected chi connectivity index (χ1v) is 20.2. The third kappa shape index (κ3) is 9.59. The van der Waals surface area contributed by atoms with Crippen LogP contribution in [0.2, 0.25) is 0 Å². The van der Waals surface area contributed by atoms with E-state index in [1.165, 1.54) is 57.8 Å². The molecule has 5 heteroatoms. The van der Waals surface area contributed by atoms with Crippen molar-refractivity contribution in [2.45, 2.75) is 144 Å². The zero-order chi connectivity index (χ0) is 34.6. The van der Waals surface area contributed by atoms with Gasteiger partial charge >= 0.3 is 6.09 Å². The highest BCUT2D eigenvalue weighted by Gasteiger charge is 2.59. The van der Waals surface area contributed by atoms with Crippen LogP contribution in [-0.4, -0.2) is 57.5 Å². The van der Waals surface area contributed by atoms with Gasteiger partial charge in [-0.15, -0.1) is 0 Å². The molecular weight excluding hydrogens is 578 g/mol. The van der Waals surface area contributed by atoms with Gasteiger partial charge < -0.3 is 20.3 Å². The number of carbonyl (C=O) groups excluding carboxylic acids is 1. The lowest BCUT2D eigenvalue weighted by molar-refractivity contribution is -0.874. The molecule has 0 radical (unpaired) electrons. The molecule has 3 N–H and O–H groups in total. The molecular formula is C42H78N3O2+. The highest BCUT2D eigenvalue weighted by atomic mass is 16.6. The lowest BCUT2D eigenvalue weighted by Crippen LogP contribution is -2.51. The zero-order valence-corrected chi connectivity index (χ0v) is 32.7. The first-order valence-electron chi connectivity index (χ1n) is 20.2. The van der Waals surface area contributed by atoms with Crippen molar-refractivity contribution in [2.75, 3.05) is 40.8 Å². The van der Waals surface area contributed by atoms with Crippen molar-refractivity contribution in [3.8, 4) is 0 Å². The van der Waals surface area contributed by atoms with Crippen molar-refractivity contribution in [3.63, 3.8) is 0 Å². The Kier molecular flexibility index (Phi) is 13.4. The van der Waals surface area contributed by atoms with Crippen LogP contribution < -0.4 is 11.1 Å². The number of allylic oxidation sites excluding steroid dienone is 1. The van der Waals surface area contributed by atoms with E-state index in [1.54, 1.807) is 5.57 Å². The van der Waals surface area contributed by atoms with Gasteiger partial charge in [-0.25, -0.2) is 4.79 Å². The zero-order valence-electron chi connectivity index (χ0n) is 32.7. The number of carbonyl (C=O) groups is 1. The molecule has 0 spiro atoms. The first-order chi connectivity index (χ1) is 22.1. The van der Waals surface area contributed by atoms with E-state index in [-0.39, 0.29) is 17.6 Å². The van der Waals surface area contributed by atoms with Crippen molar-refractivity contribution >= 4 is 6.09 Å². The molecule has 11 unspecified atom stereocenters. The summed E-state index contributed by atoms with van der Waals surface area (Å²) in [5.41, 5.74) is 8.42. The van der Waals surface area contributed by atoms with E-state index in [0.29, 0.717) is 29.7 Å². The average molecular weight is 657 g/mol. The van der Waals surface area contributed by atoms with E-state index < -0.39 is 0 Å². The van der Waals surface area contributed by atoms with Gasteiger partial charge in [0.1, 0.15) is 6.10 Å². The van der Waals surface area contributed by atoms with Gasteiger partial charge in [0, 0.05) is 18.9 Å². The summed E-state index contributed by atoms with van der Waals surface area (Å²) in [5, 5.41) is 3.19. The molecule has 0 aliphatic heterocycles. The minimum absolute atomic E-state index is 0.0127. The third-order valence-electron chi connectivity index (χ3n) is 14.3. The van der Waals surface area contributed by atoms with Crippen molar-refractivity contribution < 1.29 is 14.0 Å². The second-order valence-corrected chi connectivity index (χ2v) is 19.4. The first kappa shape index (κ1) is 38.7. The molecule has 0 aromatic carbocycles. The van der Waals surface area contributed by atoms with Crippen molar-refractivity contribution in [2.24, 2.45) is 69.8 Å². The van der Waals surface area contributed by atoms with Gasteiger partial charge in [-0.3, -0.25) is 0 Å². The van der Waals surface area contributed by atoms with E-state index in [4.69, 9.17) is 10.5 Å². The molecule has 272 valence electrons. The molecule has 0 heterocycles. The van der Waals surface area contributed by atoms with Crippen LogP contribution in [0.1, 0.15) is 138 Å². The molecule has 47 heavy (non-hydrogen) atoms. The fraction of sp³-hybridized carbons (Fsp3) is 0.929. The maximum absolute atomic E-state index is 13.1. The Hall–Kier alpha value is -1.07. The molecule has 0 aromatic heterocycles. The van der Waals surface area contributed by atoms with Crippen molar-refractivity contribution in [1.82, 2.24) is 5.32 Å². The second-order valence-electron chi connectivity index (χ2n) is 19.4. The fourth-order valence-corrected chi connectivity index (χ4v) is 11.7. The lowest BCUT2D eigenvalue weighted by Gasteiger charge is -2.58. The Morgan fingerprint density at radius 1 is 1.00 bits per heavy atom. The molecule has 4 aliphatic rings. The number of nitrogens with one attached hydrogen (secondary N) is 1. The summed E-state index contributed by atoms with van der Waals surface area (Å²) in [4.78, 5) is 13.1. The van der Waals surface area contributed by atoms with Crippen molar-refractivity contribution in [1.29, 1.82) is 0 Å². The monoisotopic (exact) mass is 657 g/mol. The summed E-state index contributed by atoms with van der Waals surface area (Å²) in [7, 11) is 6.83. The molecule has 3 fully saturated rings. The van der Waals surface area contributed by atoms with Crippen LogP contribution in [0.3, 0.4) is 0 Å². The number of alkyl carbamates (subject to hydrolysis) is 1. The van der Waals surface area contributed by atoms with Crippen LogP contribution in [0.15, 0.2) is 11.6 Å². The van der Waals surface area contributed by atoms with Gasteiger partial charge in [0.05, 0.1) is 27.7 Å². The van der Waals surface area contributed by atoms with Crippen LogP contribution >= 0.6 is 0 Å². The smallest absolute Gasteiger partial charge is 0.407 e. The van der Waals surface area contributed by atoms with E-state index in [9.17, 15) is 4.79 Å². The Labute approximate surface area is 291 Å². The normalized spacial score (nSPS) is 34.8. The van der Waals surface area contributed by atoms with Crippen LogP contribution in [0.25, 0.3) is 0 Å². The number of rotatable bonds is 16. The van der Waals surface area contributed by atoms with Crippen LogP contribution in [0.5, 0.6) is 0 Å². The van der Waals surface area contributed by atoms with Crippen molar-refractivity contribution in [3.05, 3.63) is 11.6 Å². The summed E-state index contributed by atoms with van der Waals surface area (Å²) >= 11 is 0. The summed E-state index contributed by atoms with van der Waals surface area (Å²) in [6.07, 6.45) is 20.0. The largest absolute Gasteiger partial charge is 0.446 e. The van der Waals surface area contributed by atoms with Gasteiger partial charge in [0.25, 0.3) is 0 Å². The number of nitrogens with two attached hydrogens (primary N) is 1. The van der Waals surface area contributed by atoms with Crippen LogP contribution in [0, 0.1) is 64.1 Å². The summed E-state index contributed by atoms with van der Waals surface area (Å²) in [6.45, 7) is 19.7. The number of quaternary nitrogens is 1. The maximum atomic E-state index is 13.1. The Morgan fingerprint density at radius 2 is 1.74 bits per heavy atom. The SMILES string of the molecule is CCC(CNC(=O)OC1CCC2(C)C(=CCC3C2CCC2(C)C(C(C)CCCC(C)C)CCC32)C1)CC(CC(C)CN)C[N+](C)(C)C. The van der Waals surface area contributed by atoms with E-state index in [0.717, 1.165) is 85.2 Å². The van der Waals surface area contributed by atoms with Gasteiger partial charge in [0.2, 0.25) is 0 Å². The Morgan fingerprint density at radius 3 is 2.40 bits per heavy atom. The van der Waals surface area contributed by atoms with Gasteiger partial charge in [0.15, 0.2) is 0 Å². The highest BCUT2D eigenvalue weighted by molar-refractivity contribution is 5.67. The molecule has 11 atom stereocenters. The van der Waals surface area contributed by atoms with Gasteiger partial charge in [-0.05, 0) is 123 Å². The number of hydrogen-bond donors (Lipinski definition) is 2. The molecule has 4 rings (SSSR count). The topological polar surface area (TPSA) is 64.3 Å². The van der Waals surface area contributed by atoms with Crippen LogP contribution in [-0.2, 0) is 4.74 Å². The minimum Gasteiger partial charge on any atom is -0.446 e. The predicted octanol–water partition coefficient (Wildman–Crippen LogP) is 9.85. The second kappa shape index (κ2) is 16.3. The van der Waals surface area contributed by atoms with E-state index >= 15 is 0 Å². The molecule has 3 saturated carbocycles. The standard InChI is InChI=1S/C42H77N3O2/c1-11-32(24-33(23-30(4)26-43)28-45(8,9)10)27-44-40(46)47-35-19-21-41(6)34(25-35)15-16-36-38-18-17-37(31(5)14-12-13-29(2)3)42(38,7)22-20-39(36)41/h15,29-33,35-39H,11-14,16-28,43H2,1-10H3/p+1. The molecule has 0 saturated heterocycles. The highest BCUT2D eigenvalue weighted by Crippen LogP contribution is 2.67. The number of fused-ring (bicyclic) bond motifs is 5. The predicted molar refractivity (Wildman–Crippen MR) is 199 cm³/mol. The minimum atomic E-state index is -0.210. The molecule has 0 aromatic rings. The summed E-state index contributed by atoms with van der Waals surface area (Å²) in [6, 6.07) is 0. The fourth-order valence-electron chi connectivity index (χ4n) is 11.7. The molecule has 4 aliphatic carbocycles. The molecule has 5 nitrogen and oxygen atoms in total. The van der Waals surface area contributed by atoms with Gasteiger partial charge in [-0.2, -0.15) is 0 Å². The maximum Gasteiger partial charge on any atom is 0.407 e. The molecule has 0 bridgehead atoms. The quantitative estimate of drug-likeness (QED) is 0.128. The number of ether oxygens (including phenoxy) is 1.